The molecule has 1 aromatic heterocycles. The molecule has 1 aliphatic carbocycles. The Morgan fingerprint density at radius 3 is 2.39 bits per heavy atom. The molecule has 0 bridgehead atoms. The third-order valence-electron chi connectivity index (χ3n) is 4.92. The van der Waals surface area contributed by atoms with Crippen molar-refractivity contribution in [2.24, 2.45) is 11.0 Å². The van der Waals surface area contributed by atoms with Crippen LogP contribution in [0.2, 0.25) is 0 Å². The van der Waals surface area contributed by atoms with E-state index in [2.05, 4.69) is 15.0 Å². The molecule has 0 fully saturated rings. The van der Waals surface area contributed by atoms with Gasteiger partial charge in [-0.25, -0.2) is 28.3 Å². The second-order valence-electron chi connectivity index (χ2n) is 6.76. The van der Waals surface area contributed by atoms with Crippen LogP contribution in [0.15, 0.2) is 52.3 Å². The Hall–Kier alpha value is -3.13. The maximum Gasteiger partial charge on any atom is 0.335 e. The third kappa shape index (κ3) is 3.22. The number of primary sulfonamides is 1. The molecule has 1 heterocycles. The van der Waals surface area contributed by atoms with E-state index in [0.29, 0.717) is 43.8 Å². The van der Waals surface area contributed by atoms with E-state index in [1.807, 2.05) is 0 Å². The number of carboxylic acid groups (broad SMARTS) is 1. The highest BCUT2D eigenvalue weighted by Gasteiger charge is 2.28. The summed E-state index contributed by atoms with van der Waals surface area (Å²) in [5.41, 5.74) is 3.15. The van der Waals surface area contributed by atoms with Gasteiger partial charge >= 0.3 is 5.97 Å². The lowest BCUT2D eigenvalue weighted by Gasteiger charge is -2.07. The lowest BCUT2D eigenvalue weighted by Crippen LogP contribution is -2.12. The average molecular weight is 456 g/mol. The number of benzene rings is 3. The first-order valence-electron chi connectivity index (χ1n) is 8.67. The fraction of sp³-hybridized carbons (Fsp3) is 0. The Bertz CT molecular complexity index is 1540. The Labute approximate surface area is 178 Å². The Balaban J connectivity index is 1.85. The summed E-state index contributed by atoms with van der Waals surface area (Å²) in [6.07, 6.45) is 0. The van der Waals surface area contributed by atoms with Gasteiger partial charge in [0.2, 0.25) is 10.0 Å². The molecule has 5 rings (SSSR count). The van der Waals surface area contributed by atoms with E-state index in [0.717, 1.165) is 17.4 Å². The van der Waals surface area contributed by atoms with Crippen molar-refractivity contribution in [2.45, 2.75) is 9.79 Å². The Kier molecular flexibility index (Phi) is 4.44. The van der Waals surface area contributed by atoms with Crippen LogP contribution in [0.4, 0.5) is 0 Å². The lowest BCUT2D eigenvalue weighted by atomic mass is 10.0. The predicted molar refractivity (Wildman–Crippen MR) is 112 cm³/mol. The molecule has 0 atom stereocenters. The van der Waals surface area contributed by atoms with Crippen molar-refractivity contribution in [1.29, 1.82) is 0 Å². The number of carboxylic acids is 1. The zero-order valence-electron chi connectivity index (χ0n) is 15.4. The highest BCUT2D eigenvalue weighted by atomic mass is 32.2. The first-order chi connectivity index (χ1) is 14.8. The number of carbonyl (C=O) groups is 1. The minimum absolute atomic E-state index is 0.0740. The maximum absolute atomic E-state index is 12.1. The Morgan fingerprint density at radius 1 is 1.00 bits per heavy atom. The normalized spacial score (nSPS) is 12.5. The average Bonchev–Trinajstić information content (AvgIpc) is 3.03. The molecule has 0 amide bonds. The van der Waals surface area contributed by atoms with Crippen LogP contribution < -0.4 is 11.0 Å². The number of fused-ring (bicyclic) bond motifs is 4. The van der Waals surface area contributed by atoms with E-state index in [1.165, 1.54) is 24.3 Å². The second kappa shape index (κ2) is 6.95. The minimum atomic E-state index is -3.99. The largest absolute Gasteiger partial charge is 0.478 e. The first-order valence-corrected chi connectivity index (χ1v) is 11.0. The summed E-state index contributed by atoms with van der Waals surface area (Å²) >= 11 is 0.832. The van der Waals surface area contributed by atoms with Crippen molar-refractivity contribution >= 4 is 49.8 Å². The van der Waals surface area contributed by atoms with Gasteiger partial charge in [-0.1, -0.05) is 0 Å². The number of nitrogens with two attached hydrogens (primary N) is 2. The Morgan fingerprint density at radius 2 is 1.71 bits per heavy atom. The van der Waals surface area contributed by atoms with Crippen LogP contribution in [0.25, 0.3) is 44.3 Å². The quantitative estimate of drug-likeness (QED) is 0.203. The van der Waals surface area contributed by atoms with Crippen LogP contribution in [-0.2, 0) is 19.3 Å². The molecule has 1 aliphatic rings. The van der Waals surface area contributed by atoms with E-state index >= 15 is 0 Å². The summed E-state index contributed by atoms with van der Waals surface area (Å²) in [4.78, 5) is 25.3. The minimum Gasteiger partial charge on any atom is -0.478 e. The monoisotopic (exact) mass is 456 g/mol. The van der Waals surface area contributed by atoms with Crippen molar-refractivity contribution in [3.05, 3.63) is 48.0 Å². The molecule has 0 radical (unpaired) electrons. The number of aromatic nitrogens is 2. The predicted octanol–water partition coefficient (Wildman–Crippen LogP) is 2.61. The molecule has 156 valence electrons. The zero-order chi connectivity index (χ0) is 21.9. The molecule has 4 aromatic rings. The molecule has 0 spiro atoms. The van der Waals surface area contributed by atoms with Gasteiger partial charge in [-0.2, -0.15) is 5.90 Å². The number of hydrogen-bond acceptors (Lipinski definition) is 9. The highest BCUT2D eigenvalue weighted by Crippen LogP contribution is 2.48. The van der Waals surface area contributed by atoms with E-state index in [9.17, 15) is 18.3 Å². The van der Waals surface area contributed by atoms with Gasteiger partial charge in [-0.15, -0.1) is 9.32 Å². The van der Waals surface area contributed by atoms with Crippen LogP contribution in [0, 0.1) is 0 Å². The second-order valence-corrected chi connectivity index (χ2v) is 9.10. The van der Waals surface area contributed by atoms with Gasteiger partial charge in [0.1, 0.15) is 0 Å². The molecule has 10 nitrogen and oxygen atoms in total. The summed E-state index contributed by atoms with van der Waals surface area (Å²) < 4.78 is 28.9. The third-order valence-corrected chi connectivity index (χ3v) is 6.38. The van der Waals surface area contributed by atoms with Gasteiger partial charge in [0.15, 0.2) is 0 Å². The van der Waals surface area contributed by atoms with Gasteiger partial charge in [0, 0.05) is 21.4 Å². The van der Waals surface area contributed by atoms with Gasteiger partial charge in [0.25, 0.3) is 0 Å². The van der Waals surface area contributed by atoms with Crippen molar-refractivity contribution in [2.75, 3.05) is 0 Å². The molecule has 0 aliphatic heterocycles. The molecule has 12 heteroatoms. The lowest BCUT2D eigenvalue weighted by molar-refractivity contribution is -0.195. The molecular weight excluding hydrogens is 444 g/mol. The topological polar surface area (TPSA) is 168 Å². The maximum atomic E-state index is 12.1. The summed E-state index contributed by atoms with van der Waals surface area (Å²) in [6, 6.07) is 10.8. The summed E-state index contributed by atoms with van der Waals surface area (Å²) in [5.74, 6) is 3.84. The number of aromatic carboxylic acids is 1. The number of hydrogen-bond donors (Lipinski definition) is 3. The van der Waals surface area contributed by atoms with Crippen LogP contribution in [-0.4, -0.2) is 29.5 Å². The zero-order valence-corrected chi connectivity index (χ0v) is 17.0. The summed E-state index contributed by atoms with van der Waals surface area (Å²) in [7, 11) is -3.99. The fourth-order valence-corrected chi connectivity index (χ4v) is 4.70. The van der Waals surface area contributed by atoms with Gasteiger partial charge < -0.3 is 5.11 Å². The van der Waals surface area contributed by atoms with Crippen LogP contribution in [0.5, 0.6) is 0 Å². The van der Waals surface area contributed by atoms with Crippen molar-refractivity contribution < 1.29 is 27.6 Å². The SMILES string of the molecule is NOOSc1cc2c3c(cc(S(N)(=O)=O)cc3c1)-c1nc3ccc(C(=O)O)cc3nc1-2. The highest BCUT2D eigenvalue weighted by molar-refractivity contribution is 7.94. The molecule has 0 unspecified atom stereocenters. The molecule has 0 saturated carbocycles. The van der Waals surface area contributed by atoms with Crippen LogP contribution >= 0.6 is 12.0 Å². The van der Waals surface area contributed by atoms with Crippen molar-refractivity contribution in [1.82, 2.24) is 9.97 Å². The molecule has 3 aromatic carbocycles. The van der Waals surface area contributed by atoms with Gasteiger partial charge in [0.05, 0.1) is 44.9 Å². The number of sulfonamides is 1. The van der Waals surface area contributed by atoms with E-state index < -0.39 is 16.0 Å². The molecule has 31 heavy (non-hydrogen) atoms. The van der Waals surface area contributed by atoms with Crippen LogP contribution in [0.3, 0.4) is 0 Å². The molecular formula is C19H12N4O6S2. The smallest absolute Gasteiger partial charge is 0.335 e. The van der Waals surface area contributed by atoms with Crippen molar-refractivity contribution in [3.63, 3.8) is 0 Å². The molecule has 0 saturated heterocycles. The first kappa shape index (κ1) is 19.8. The number of rotatable bonds is 5. The van der Waals surface area contributed by atoms with Gasteiger partial charge in [-0.05, 0) is 47.9 Å². The fourth-order valence-electron chi connectivity index (χ4n) is 3.67. The standard InChI is InChI=1S/C19H12N4O6S2/c20-28-29-30-10-3-9-4-11(31(21,26)27)7-13-16(9)12(6-10)17-18(13)22-14-2-1-8(19(24)25)5-15(14)23-17/h1-7H,20H2,(H,24,25)(H2,21,26,27). The summed E-state index contributed by atoms with van der Waals surface area (Å²) in [5, 5.41) is 16.0. The van der Waals surface area contributed by atoms with E-state index in [-0.39, 0.29) is 10.5 Å². The van der Waals surface area contributed by atoms with Crippen LogP contribution in [0.1, 0.15) is 10.4 Å². The summed E-state index contributed by atoms with van der Waals surface area (Å²) in [6.45, 7) is 0. The van der Waals surface area contributed by atoms with Crippen molar-refractivity contribution in [3.8, 4) is 22.5 Å². The van der Waals surface area contributed by atoms with E-state index in [4.69, 9.17) is 15.4 Å². The number of nitrogens with zero attached hydrogens (tertiary/aromatic N) is 2. The van der Waals surface area contributed by atoms with Gasteiger partial charge in [-0.3, -0.25) is 0 Å². The molecule has 5 N–H and O–H groups in total. The van der Waals surface area contributed by atoms with E-state index in [1.54, 1.807) is 18.2 Å².